The number of carbonyl (C=O) groups is 1. The topological polar surface area (TPSA) is 77.6 Å². The minimum Gasteiger partial charge on any atom is -0.481 e. The van der Waals surface area contributed by atoms with E-state index in [2.05, 4.69) is 5.10 Å². The van der Waals surface area contributed by atoms with E-state index in [9.17, 15) is 9.59 Å². The van der Waals surface area contributed by atoms with Gasteiger partial charge in [-0.25, -0.2) is 4.79 Å². The van der Waals surface area contributed by atoms with Crippen LogP contribution in [0.15, 0.2) is 45.9 Å². The largest absolute Gasteiger partial charge is 0.481 e. The summed E-state index contributed by atoms with van der Waals surface area (Å²) in [5.41, 5.74) is 2.02. The van der Waals surface area contributed by atoms with Crippen molar-refractivity contribution < 1.29 is 13.9 Å². The zero-order chi connectivity index (χ0) is 20.5. The van der Waals surface area contributed by atoms with E-state index in [4.69, 9.17) is 9.15 Å². The van der Waals surface area contributed by atoms with Crippen molar-refractivity contribution in [2.75, 3.05) is 0 Å². The molecular formula is C22H25N3O4. The van der Waals surface area contributed by atoms with Crippen LogP contribution in [0.5, 0.6) is 5.75 Å². The lowest BCUT2D eigenvalue weighted by Gasteiger charge is -2.25. The minimum absolute atomic E-state index is 0.0554. The second kappa shape index (κ2) is 7.73. The molecule has 0 aliphatic heterocycles. The summed E-state index contributed by atoms with van der Waals surface area (Å²) < 4.78 is 13.0. The van der Waals surface area contributed by atoms with Crippen LogP contribution >= 0.6 is 0 Å². The molecule has 4 rings (SSSR count). The standard InChI is InChI=1S/C22H25N3O4/c1-4-16-9-21(26)29-20-10-18(7-8-19(16)20)28-14(2)22(27)25(17-5-6-17)13-15-11-23-24(3)12-15/h7-12,14,17H,4-6,13H2,1-3H3. The third-order valence-electron chi connectivity index (χ3n) is 5.23. The summed E-state index contributed by atoms with van der Waals surface area (Å²) in [7, 11) is 1.86. The van der Waals surface area contributed by atoms with Gasteiger partial charge in [0.2, 0.25) is 0 Å². The minimum atomic E-state index is -0.647. The Balaban J connectivity index is 1.52. The van der Waals surface area contributed by atoms with Gasteiger partial charge in [0, 0.05) is 48.9 Å². The molecule has 1 aromatic carbocycles. The van der Waals surface area contributed by atoms with Crippen LogP contribution in [0.2, 0.25) is 0 Å². The molecule has 0 bridgehead atoms. The lowest BCUT2D eigenvalue weighted by atomic mass is 10.1. The average molecular weight is 395 g/mol. The fourth-order valence-electron chi connectivity index (χ4n) is 3.59. The number of ether oxygens (including phenoxy) is 1. The van der Waals surface area contributed by atoms with E-state index >= 15 is 0 Å². The maximum absolute atomic E-state index is 13.1. The molecule has 0 radical (unpaired) electrons. The molecule has 1 amide bonds. The van der Waals surface area contributed by atoms with E-state index in [1.165, 1.54) is 6.07 Å². The highest BCUT2D eigenvalue weighted by atomic mass is 16.5. The fraction of sp³-hybridized carbons (Fsp3) is 0.409. The van der Waals surface area contributed by atoms with Gasteiger partial charge in [-0.2, -0.15) is 5.10 Å². The molecule has 1 aliphatic rings. The highest BCUT2D eigenvalue weighted by molar-refractivity contribution is 5.83. The van der Waals surface area contributed by atoms with Crippen LogP contribution in [-0.4, -0.2) is 32.7 Å². The lowest BCUT2D eigenvalue weighted by Crippen LogP contribution is -2.41. The molecule has 2 aromatic heterocycles. The summed E-state index contributed by atoms with van der Waals surface area (Å²) in [5, 5.41) is 5.07. The number of hydrogen-bond acceptors (Lipinski definition) is 5. The van der Waals surface area contributed by atoms with Crippen LogP contribution in [0.4, 0.5) is 0 Å². The van der Waals surface area contributed by atoms with E-state index in [1.54, 1.807) is 23.9 Å². The second-order valence-electron chi connectivity index (χ2n) is 7.58. The summed E-state index contributed by atoms with van der Waals surface area (Å²) in [6.45, 7) is 4.27. The molecule has 3 aromatic rings. The van der Waals surface area contributed by atoms with Gasteiger partial charge in [-0.15, -0.1) is 0 Å². The van der Waals surface area contributed by atoms with Gasteiger partial charge in [-0.1, -0.05) is 6.92 Å². The summed E-state index contributed by atoms with van der Waals surface area (Å²) >= 11 is 0. The number of amides is 1. The number of fused-ring (bicyclic) bond motifs is 1. The van der Waals surface area contributed by atoms with Crippen molar-refractivity contribution in [3.63, 3.8) is 0 Å². The predicted octanol–water partition coefficient (Wildman–Crippen LogP) is 3.05. The molecule has 0 N–H and O–H groups in total. The number of benzene rings is 1. The molecule has 1 aliphatic carbocycles. The normalized spacial score (nSPS) is 14.7. The Labute approximate surface area is 168 Å². The molecule has 0 saturated heterocycles. The van der Waals surface area contributed by atoms with Gasteiger partial charge in [0.1, 0.15) is 11.3 Å². The first-order chi connectivity index (χ1) is 13.9. The molecule has 152 valence electrons. The van der Waals surface area contributed by atoms with Gasteiger partial charge in [0.15, 0.2) is 6.10 Å². The highest BCUT2D eigenvalue weighted by Gasteiger charge is 2.35. The maximum Gasteiger partial charge on any atom is 0.336 e. The second-order valence-corrected chi connectivity index (χ2v) is 7.58. The fourth-order valence-corrected chi connectivity index (χ4v) is 3.59. The Bertz CT molecular complexity index is 1100. The number of aromatic nitrogens is 2. The first-order valence-corrected chi connectivity index (χ1v) is 9.96. The third-order valence-corrected chi connectivity index (χ3v) is 5.23. The van der Waals surface area contributed by atoms with Gasteiger partial charge in [-0.05, 0) is 43.9 Å². The van der Waals surface area contributed by atoms with Crippen LogP contribution in [0.3, 0.4) is 0 Å². The van der Waals surface area contributed by atoms with Gasteiger partial charge in [-0.3, -0.25) is 9.48 Å². The average Bonchev–Trinajstić information content (AvgIpc) is 3.46. The predicted molar refractivity (Wildman–Crippen MR) is 109 cm³/mol. The zero-order valence-corrected chi connectivity index (χ0v) is 16.9. The van der Waals surface area contributed by atoms with Crippen molar-refractivity contribution in [3.8, 4) is 5.75 Å². The van der Waals surface area contributed by atoms with Crippen LogP contribution in [0.25, 0.3) is 11.0 Å². The summed E-state index contributed by atoms with van der Waals surface area (Å²) in [5.74, 6) is 0.451. The van der Waals surface area contributed by atoms with Crippen molar-refractivity contribution in [1.82, 2.24) is 14.7 Å². The smallest absolute Gasteiger partial charge is 0.336 e. The van der Waals surface area contributed by atoms with Gasteiger partial charge < -0.3 is 14.1 Å². The molecule has 1 unspecified atom stereocenters. The van der Waals surface area contributed by atoms with Gasteiger partial charge in [0.05, 0.1) is 6.20 Å². The molecule has 1 atom stereocenters. The van der Waals surface area contributed by atoms with E-state index in [0.29, 0.717) is 17.9 Å². The SMILES string of the molecule is CCc1cc(=O)oc2cc(OC(C)C(=O)N(Cc3cnn(C)c3)C3CC3)ccc12. The summed E-state index contributed by atoms with van der Waals surface area (Å²) in [6, 6.07) is 7.14. The Morgan fingerprint density at radius 2 is 2.17 bits per heavy atom. The maximum atomic E-state index is 13.1. The number of hydrogen-bond donors (Lipinski definition) is 0. The quantitative estimate of drug-likeness (QED) is 0.575. The molecule has 7 heteroatoms. The number of carbonyl (C=O) groups excluding carboxylic acids is 1. The Morgan fingerprint density at radius 1 is 1.38 bits per heavy atom. The van der Waals surface area contributed by atoms with Crippen molar-refractivity contribution in [1.29, 1.82) is 0 Å². The molecular weight excluding hydrogens is 370 g/mol. The van der Waals surface area contributed by atoms with Crippen molar-refractivity contribution in [2.45, 2.75) is 51.8 Å². The third kappa shape index (κ3) is 4.18. The van der Waals surface area contributed by atoms with Gasteiger partial charge in [0.25, 0.3) is 5.91 Å². The molecule has 7 nitrogen and oxygen atoms in total. The van der Waals surface area contributed by atoms with Crippen LogP contribution in [0, 0.1) is 0 Å². The summed E-state index contributed by atoms with van der Waals surface area (Å²) in [4.78, 5) is 26.7. The van der Waals surface area contributed by atoms with Crippen molar-refractivity contribution in [2.24, 2.45) is 7.05 Å². The number of nitrogens with zero attached hydrogens (tertiary/aromatic N) is 3. The summed E-state index contributed by atoms with van der Waals surface area (Å²) in [6.07, 6.45) is 5.82. The monoisotopic (exact) mass is 395 g/mol. The lowest BCUT2D eigenvalue weighted by molar-refractivity contribution is -0.139. The van der Waals surface area contributed by atoms with Gasteiger partial charge >= 0.3 is 5.63 Å². The Morgan fingerprint density at radius 3 is 2.83 bits per heavy atom. The Kier molecular flexibility index (Phi) is 5.13. The first kappa shape index (κ1) is 19.2. The van der Waals surface area contributed by atoms with E-state index in [0.717, 1.165) is 35.8 Å². The first-order valence-electron chi connectivity index (χ1n) is 9.96. The highest BCUT2D eigenvalue weighted by Crippen LogP contribution is 2.30. The van der Waals surface area contributed by atoms with Crippen LogP contribution in [-0.2, 0) is 24.8 Å². The van der Waals surface area contributed by atoms with E-state index in [-0.39, 0.29) is 17.6 Å². The van der Waals surface area contributed by atoms with Crippen molar-refractivity contribution in [3.05, 3.63) is 58.2 Å². The van der Waals surface area contributed by atoms with Crippen LogP contribution in [0.1, 0.15) is 37.8 Å². The van der Waals surface area contributed by atoms with Crippen molar-refractivity contribution >= 4 is 16.9 Å². The molecule has 1 saturated carbocycles. The Hall–Kier alpha value is -3.09. The van der Waals surface area contributed by atoms with Crippen LogP contribution < -0.4 is 10.4 Å². The number of rotatable bonds is 7. The van der Waals surface area contributed by atoms with E-state index < -0.39 is 6.10 Å². The molecule has 0 spiro atoms. The van der Waals surface area contributed by atoms with E-state index in [1.807, 2.05) is 37.2 Å². The zero-order valence-electron chi connectivity index (χ0n) is 16.9. The molecule has 2 heterocycles. The molecule has 29 heavy (non-hydrogen) atoms. The number of aryl methyl sites for hydroxylation is 2. The molecule has 1 fully saturated rings.